The van der Waals surface area contributed by atoms with E-state index in [4.69, 9.17) is 10.3 Å². The minimum Gasteiger partial charge on any atom is -0.337 e. The highest BCUT2D eigenvalue weighted by Gasteiger charge is 2.35. The molecular formula is C15H19N3O. The first-order chi connectivity index (χ1) is 9.18. The first-order valence-electron chi connectivity index (χ1n) is 6.88. The summed E-state index contributed by atoms with van der Waals surface area (Å²) in [5, 5.41) is 4.13. The van der Waals surface area contributed by atoms with Crippen LogP contribution in [0.25, 0.3) is 0 Å². The Morgan fingerprint density at radius 3 is 2.74 bits per heavy atom. The van der Waals surface area contributed by atoms with Crippen LogP contribution in [0.3, 0.4) is 0 Å². The average Bonchev–Trinajstić information content (AvgIpc) is 2.89. The van der Waals surface area contributed by atoms with E-state index < -0.39 is 5.54 Å². The van der Waals surface area contributed by atoms with Crippen LogP contribution in [-0.4, -0.2) is 10.1 Å². The third-order valence-electron chi connectivity index (χ3n) is 4.30. The molecule has 0 radical (unpaired) electrons. The lowest BCUT2D eigenvalue weighted by molar-refractivity contribution is 0.266. The van der Waals surface area contributed by atoms with Crippen molar-refractivity contribution >= 4 is 0 Å². The molecule has 1 aliphatic carbocycles. The van der Waals surface area contributed by atoms with E-state index in [9.17, 15) is 0 Å². The molecule has 100 valence electrons. The predicted octanol–water partition coefficient (Wildman–Crippen LogP) is 2.73. The van der Waals surface area contributed by atoms with Crippen molar-refractivity contribution in [2.45, 2.75) is 44.6 Å². The van der Waals surface area contributed by atoms with E-state index in [0.717, 1.165) is 25.1 Å². The lowest BCUT2D eigenvalue weighted by atomic mass is 9.77. The van der Waals surface area contributed by atoms with Crippen LogP contribution >= 0.6 is 0 Å². The Bertz CT molecular complexity index is 587. The second-order valence-electron chi connectivity index (χ2n) is 5.28. The molecule has 0 aliphatic heterocycles. The molecule has 0 fully saturated rings. The van der Waals surface area contributed by atoms with Crippen molar-refractivity contribution in [1.82, 2.24) is 10.1 Å². The molecule has 0 spiro atoms. The summed E-state index contributed by atoms with van der Waals surface area (Å²) >= 11 is 0. The number of rotatable bonds is 4. The van der Waals surface area contributed by atoms with Crippen LogP contribution in [0.5, 0.6) is 0 Å². The number of aromatic nitrogens is 2. The molecule has 1 heterocycles. The van der Waals surface area contributed by atoms with Gasteiger partial charge in [-0.3, -0.25) is 0 Å². The van der Waals surface area contributed by atoms with Gasteiger partial charge in [0.2, 0.25) is 5.89 Å². The topological polar surface area (TPSA) is 64.9 Å². The Labute approximate surface area is 113 Å². The molecule has 0 bridgehead atoms. The zero-order chi connectivity index (χ0) is 13.5. The number of benzene rings is 1. The lowest BCUT2D eigenvalue weighted by Gasteiger charge is -2.27. The largest absolute Gasteiger partial charge is 0.337 e. The molecule has 1 aliphatic rings. The first-order valence-corrected chi connectivity index (χ1v) is 6.88. The molecule has 4 heteroatoms. The van der Waals surface area contributed by atoms with Crippen molar-refractivity contribution in [3.63, 3.8) is 0 Å². The van der Waals surface area contributed by atoms with Crippen LogP contribution in [-0.2, 0) is 12.0 Å². The maximum Gasteiger partial charge on any atom is 0.246 e. The molecule has 0 amide bonds. The van der Waals surface area contributed by atoms with Crippen molar-refractivity contribution in [3.05, 3.63) is 47.1 Å². The molecule has 2 aromatic rings. The number of nitrogens with zero attached hydrogens (tertiary/aromatic N) is 2. The standard InChI is InChI=1S/C15H19N3O/c1-3-15(16,4-2)14-17-13(18-19-14)12-9-10-7-5-6-8-11(10)12/h5-8,12H,3-4,9,16H2,1-2H3. The molecule has 1 atom stereocenters. The van der Waals surface area contributed by atoms with E-state index in [0.29, 0.717) is 5.89 Å². The van der Waals surface area contributed by atoms with Gasteiger partial charge in [0.05, 0.1) is 11.5 Å². The van der Waals surface area contributed by atoms with Gasteiger partial charge >= 0.3 is 0 Å². The van der Waals surface area contributed by atoms with Crippen LogP contribution in [0.15, 0.2) is 28.8 Å². The summed E-state index contributed by atoms with van der Waals surface area (Å²) in [5.74, 6) is 1.61. The molecule has 0 saturated heterocycles. The highest BCUT2D eigenvalue weighted by molar-refractivity contribution is 5.43. The minimum absolute atomic E-state index is 0.270. The average molecular weight is 257 g/mol. The summed E-state index contributed by atoms with van der Waals surface area (Å²) in [6.45, 7) is 4.10. The van der Waals surface area contributed by atoms with E-state index in [1.54, 1.807) is 0 Å². The van der Waals surface area contributed by atoms with Crippen molar-refractivity contribution in [2.24, 2.45) is 5.73 Å². The second-order valence-corrected chi connectivity index (χ2v) is 5.28. The van der Waals surface area contributed by atoms with Crippen molar-refractivity contribution in [3.8, 4) is 0 Å². The van der Waals surface area contributed by atoms with Crippen LogP contribution in [0.4, 0.5) is 0 Å². The van der Waals surface area contributed by atoms with Crippen LogP contribution in [0.2, 0.25) is 0 Å². The fourth-order valence-corrected chi connectivity index (χ4v) is 2.62. The molecule has 1 unspecified atom stereocenters. The van der Waals surface area contributed by atoms with E-state index >= 15 is 0 Å². The van der Waals surface area contributed by atoms with Crippen molar-refractivity contribution in [1.29, 1.82) is 0 Å². The van der Waals surface area contributed by atoms with E-state index in [2.05, 4.69) is 34.4 Å². The number of fused-ring (bicyclic) bond motifs is 1. The first kappa shape index (κ1) is 12.4. The van der Waals surface area contributed by atoms with Crippen molar-refractivity contribution < 1.29 is 4.52 Å². The summed E-state index contributed by atoms with van der Waals surface area (Å²) in [6, 6.07) is 8.40. The maximum atomic E-state index is 6.29. The minimum atomic E-state index is -0.492. The Balaban J connectivity index is 1.88. The number of hydrogen-bond donors (Lipinski definition) is 1. The number of nitrogens with two attached hydrogens (primary N) is 1. The summed E-state index contributed by atoms with van der Waals surface area (Å²) in [4.78, 5) is 4.54. The third kappa shape index (κ3) is 1.87. The van der Waals surface area contributed by atoms with Gasteiger partial charge in [0.15, 0.2) is 5.82 Å². The summed E-state index contributed by atoms with van der Waals surface area (Å²) < 4.78 is 5.40. The van der Waals surface area contributed by atoms with Gasteiger partial charge in [-0.25, -0.2) is 0 Å². The molecule has 19 heavy (non-hydrogen) atoms. The second kappa shape index (κ2) is 4.46. The smallest absolute Gasteiger partial charge is 0.246 e. The molecule has 1 aromatic carbocycles. The molecular weight excluding hydrogens is 238 g/mol. The fourth-order valence-electron chi connectivity index (χ4n) is 2.62. The van der Waals surface area contributed by atoms with E-state index in [-0.39, 0.29) is 5.92 Å². The molecule has 2 N–H and O–H groups in total. The van der Waals surface area contributed by atoms with Gasteiger partial charge in [-0.2, -0.15) is 4.98 Å². The van der Waals surface area contributed by atoms with E-state index in [1.165, 1.54) is 11.1 Å². The van der Waals surface area contributed by atoms with Crippen molar-refractivity contribution in [2.75, 3.05) is 0 Å². The summed E-state index contributed by atoms with van der Waals surface area (Å²) in [6.07, 6.45) is 2.59. The highest BCUT2D eigenvalue weighted by Crippen LogP contribution is 2.39. The van der Waals surface area contributed by atoms with Gasteiger partial charge < -0.3 is 10.3 Å². The molecule has 3 rings (SSSR count). The van der Waals surface area contributed by atoms with Gasteiger partial charge in [-0.05, 0) is 30.4 Å². The zero-order valence-corrected chi connectivity index (χ0v) is 11.4. The van der Waals surface area contributed by atoms with Crippen LogP contribution < -0.4 is 5.73 Å². The van der Waals surface area contributed by atoms with Gasteiger partial charge in [-0.15, -0.1) is 0 Å². The van der Waals surface area contributed by atoms with Crippen LogP contribution in [0.1, 0.15) is 55.4 Å². The predicted molar refractivity (Wildman–Crippen MR) is 72.7 cm³/mol. The van der Waals surface area contributed by atoms with Gasteiger partial charge in [0.1, 0.15) is 0 Å². The monoisotopic (exact) mass is 257 g/mol. The molecule has 1 aromatic heterocycles. The lowest BCUT2D eigenvalue weighted by Crippen LogP contribution is -2.35. The number of hydrogen-bond acceptors (Lipinski definition) is 4. The Kier molecular flexibility index (Phi) is 2.90. The normalized spacial score (nSPS) is 17.9. The quantitative estimate of drug-likeness (QED) is 0.914. The van der Waals surface area contributed by atoms with E-state index in [1.807, 2.05) is 13.8 Å². The Hall–Kier alpha value is -1.68. The molecule has 4 nitrogen and oxygen atoms in total. The maximum absolute atomic E-state index is 6.29. The Morgan fingerprint density at radius 1 is 1.32 bits per heavy atom. The van der Waals surface area contributed by atoms with Gasteiger partial charge in [0.25, 0.3) is 0 Å². The molecule has 0 saturated carbocycles. The van der Waals surface area contributed by atoms with Gasteiger partial charge in [0, 0.05) is 0 Å². The fraction of sp³-hybridized carbons (Fsp3) is 0.467. The Morgan fingerprint density at radius 2 is 2.05 bits per heavy atom. The third-order valence-corrected chi connectivity index (χ3v) is 4.30. The summed E-state index contributed by atoms with van der Waals surface area (Å²) in [5.41, 5.74) is 8.49. The zero-order valence-electron chi connectivity index (χ0n) is 11.4. The summed E-state index contributed by atoms with van der Waals surface area (Å²) in [7, 11) is 0. The highest BCUT2D eigenvalue weighted by atomic mass is 16.5. The SMILES string of the molecule is CCC(N)(CC)c1nc(C2Cc3ccccc32)no1. The van der Waals surface area contributed by atoms with Crippen LogP contribution in [0, 0.1) is 0 Å². The van der Waals surface area contributed by atoms with Gasteiger partial charge in [-0.1, -0.05) is 43.3 Å².